The molecule has 0 rings (SSSR count). The van der Waals surface area contributed by atoms with Gasteiger partial charge in [0.15, 0.2) is 0 Å². The molecule has 0 N–H and O–H groups in total. The Balaban J connectivity index is 5.19. The molecule has 0 atom stereocenters. The lowest BCUT2D eigenvalue weighted by molar-refractivity contribution is 0.111. The molecule has 0 aromatic heterocycles. The number of ether oxygens (including phenoxy) is 1. The Labute approximate surface area is 132 Å². The minimum atomic E-state index is -1.70. The van der Waals surface area contributed by atoms with Crippen LogP contribution in [0.25, 0.3) is 0 Å². The Bertz CT molecular complexity index is 374. The zero-order chi connectivity index (χ0) is 16.5. The molecule has 0 aliphatic carbocycles. The molecule has 0 bridgehead atoms. The maximum atomic E-state index is 6.12. The van der Waals surface area contributed by atoms with Crippen LogP contribution in [0.5, 0.6) is 0 Å². The predicted octanol–water partition coefficient (Wildman–Crippen LogP) is 5.42. The molecule has 0 aromatic carbocycles. The summed E-state index contributed by atoms with van der Waals surface area (Å²) in [6, 6.07) is 0. The maximum Gasteiger partial charge on any atom is 0.268 e. The van der Waals surface area contributed by atoms with Crippen LogP contribution in [0.1, 0.15) is 19.8 Å². The molecule has 0 aliphatic heterocycles. The fourth-order valence-corrected chi connectivity index (χ4v) is 3.06. The Morgan fingerprint density at radius 3 is 1.95 bits per heavy atom. The van der Waals surface area contributed by atoms with Crippen LogP contribution in [-0.4, -0.2) is 23.2 Å². The van der Waals surface area contributed by atoms with E-state index in [4.69, 9.17) is 13.6 Å². The third-order valence-electron chi connectivity index (χ3n) is 2.09. The molecular weight excluding hydrogens is 296 g/mol. The van der Waals surface area contributed by atoms with Crippen LogP contribution in [0.3, 0.4) is 0 Å². The van der Waals surface area contributed by atoms with Gasteiger partial charge in [-0.3, -0.25) is 0 Å². The van der Waals surface area contributed by atoms with Crippen LogP contribution < -0.4 is 0 Å². The van der Waals surface area contributed by atoms with Gasteiger partial charge >= 0.3 is 0 Å². The third kappa shape index (κ3) is 12.5. The standard InChI is InChI=1S/C16H32O3Si2/c1-9-11-12-13-15(18-20(3,4)5)14-16(17-10-2)19-21(6,7)8/h9,13-14H,1,10-12H2,2-8H3/b15-13-,16-14-. The van der Waals surface area contributed by atoms with Crippen LogP contribution in [0.2, 0.25) is 39.3 Å². The third-order valence-corrected chi connectivity index (χ3v) is 3.76. The molecule has 122 valence electrons. The fourth-order valence-electron chi connectivity index (χ4n) is 1.49. The SMILES string of the molecule is C=CCC/C=C(/C=C(/OCC)O[Si](C)(C)C)O[Si](C)(C)C. The van der Waals surface area contributed by atoms with Crippen LogP contribution in [0, 0.1) is 0 Å². The second-order valence-electron chi connectivity index (χ2n) is 6.80. The van der Waals surface area contributed by atoms with Crippen LogP contribution in [0.4, 0.5) is 0 Å². The highest BCUT2D eigenvalue weighted by atomic mass is 28.4. The van der Waals surface area contributed by atoms with E-state index >= 15 is 0 Å². The van der Waals surface area contributed by atoms with Gasteiger partial charge in [0.1, 0.15) is 5.76 Å². The largest absolute Gasteiger partial charge is 0.544 e. The Morgan fingerprint density at radius 1 is 0.952 bits per heavy atom. The average Bonchev–Trinajstić information content (AvgIpc) is 2.25. The van der Waals surface area contributed by atoms with E-state index in [2.05, 4.69) is 51.9 Å². The van der Waals surface area contributed by atoms with Gasteiger partial charge in [0, 0.05) is 0 Å². The van der Waals surface area contributed by atoms with Crippen molar-refractivity contribution in [3.63, 3.8) is 0 Å². The molecule has 0 radical (unpaired) electrons. The normalized spacial score (nSPS) is 13.9. The molecule has 3 nitrogen and oxygen atoms in total. The van der Waals surface area contributed by atoms with Crippen molar-refractivity contribution in [2.75, 3.05) is 6.61 Å². The molecule has 5 heteroatoms. The zero-order valence-electron chi connectivity index (χ0n) is 14.8. The fraction of sp³-hybridized carbons (Fsp3) is 0.625. The molecule has 0 aromatic rings. The molecule has 21 heavy (non-hydrogen) atoms. The summed E-state index contributed by atoms with van der Waals surface area (Å²) < 4.78 is 17.7. The van der Waals surface area contributed by atoms with E-state index in [-0.39, 0.29) is 0 Å². The van der Waals surface area contributed by atoms with Crippen molar-refractivity contribution < 1.29 is 13.6 Å². The molecule has 0 saturated heterocycles. The van der Waals surface area contributed by atoms with E-state index in [1.54, 1.807) is 0 Å². The summed E-state index contributed by atoms with van der Waals surface area (Å²) in [6.45, 7) is 19.2. The van der Waals surface area contributed by atoms with Gasteiger partial charge in [0.2, 0.25) is 16.6 Å². The van der Waals surface area contributed by atoms with Gasteiger partial charge in [-0.2, -0.15) is 0 Å². The highest BCUT2D eigenvalue weighted by Gasteiger charge is 2.21. The van der Waals surface area contributed by atoms with Gasteiger partial charge in [-0.15, -0.1) is 6.58 Å². The molecule has 0 fully saturated rings. The van der Waals surface area contributed by atoms with E-state index in [0.29, 0.717) is 12.6 Å². The van der Waals surface area contributed by atoms with Gasteiger partial charge in [-0.1, -0.05) is 6.08 Å². The van der Waals surface area contributed by atoms with E-state index in [0.717, 1.165) is 18.6 Å². The topological polar surface area (TPSA) is 27.7 Å². The summed E-state index contributed by atoms with van der Waals surface area (Å²) in [6.07, 6.45) is 7.74. The molecule has 0 saturated carbocycles. The maximum absolute atomic E-state index is 6.12. The van der Waals surface area contributed by atoms with E-state index in [1.165, 1.54) is 0 Å². The summed E-state index contributed by atoms with van der Waals surface area (Å²) in [7, 11) is -3.37. The van der Waals surface area contributed by atoms with Crippen molar-refractivity contribution in [2.24, 2.45) is 0 Å². The number of rotatable bonds is 10. The van der Waals surface area contributed by atoms with E-state index < -0.39 is 16.6 Å². The molecule has 0 amide bonds. The smallest absolute Gasteiger partial charge is 0.268 e. The summed E-state index contributed by atoms with van der Waals surface area (Å²) >= 11 is 0. The molecule has 0 heterocycles. The van der Waals surface area contributed by atoms with Crippen molar-refractivity contribution >= 4 is 16.6 Å². The second kappa shape index (κ2) is 9.15. The number of hydrogen-bond donors (Lipinski definition) is 0. The lowest BCUT2D eigenvalue weighted by Crippen LogP contribution is -2.27. The summed E-state index contributed by atoms with van der Waals surface area (Å²) in [5.41, 5.74) is 0. The first-order valence-electron chi connectivity index (χ1n) is 7.61. The van der Waals surface area contributed by atoms with Gasteiger partial charge in [-0.25, -0.2) is 0 Å². The molecular formula is C16H32O3Si2. The minimum Gasteiger partial charge on any atom is -0.544 e. The minimum absolute atomic E-state index is 0.569. The molecule has 0 aliphatic rings. The second-order valence-corrected chi connectivity index (χ2v) is 15.7. The molecule has 0 unspecified atom stereocenters. The van der Waals surface area contributed by atoms with Crippen LogP contribution in [-0.2, 0) is 13.6 Å². The highest BCUT2D eigenvalue weighted by Crippen LogP contribution is 2.18. The van der Waals surface area contributed by atoms with Gasteiger partial charge in [0.25, 0.3) is 5.95 Å². The summed E-state index contributed by atoms with van der Waals surface area (Å²) in [4.78, 5) is 0. The van der Waals surface area contributed by atoms with Crippen molar-refractivity contribution in [1.29, 1.82) is 0 Å². The highest BCUT2D eigenvalue weighted by molar-refractivity contribution is 6.70. The number of unbranched alkanes of at least 4 members (excludes halogenated alkanes) is 1. The van der Waals surface area contributed by atoms with Crippen LogP contribution >= 0.6 is 0 Å². The predicted molar refractivity (Wildman–Crippen MR) is 96.1 cm³/mol. The molecule has 0 spiro atoms. The van der Waals surface area contributed by atoms with Crippen molar-refractivity contribution in [1.82, 2.24) is 0 Å². The van der Waals surface area contributed by atoms with Gasteiger partial charge in [-0.05, 0) is 65.1 Å². The Hall–Kier alpha value is -0.946. The lowest BCUT2D eigenvalue weighted by atomic mass is 10.2. The summed E-state index contributed by atoms with van der Waals surface area (Å²) in [5, 5.41) is 0. The Kier molecular flexibility index (Phi) is 8.74. The quantitative estimate of drug-likeness (QED) is 0.176. The van der Waals surface area contributed by atoms with Gasteiger partial charge < -0.3 is 13.6 Å². The monoisotopic (exact) mass is 328 g/mol. The average molecular weight is 329 g/mol. The first kappa shape index (κ1) is 20.1. The van der Waals surface area contributed by atoms with E-state index in [9.17, 15) is 0 Å². The lowest BCUT2D eigenvalue weighted by Gasteiger charge is -2.24. The van der Waals surface area contributed by atoms with Crippen molar-refractivity contribution in [3.8, 4) is 0 Å². The zero-order valence-corrected chi connectivity index (χ0v) is 16.8. The van der Waals surface area contributed by atoms with E-state index in [1.807, 2.05) is 19.1 Å². The first-order valence-corrected chi connectivity index (χ1v) is 14.4. The first-order chi connectivity index (χ1) is 9.57. The van der Waals surface area contributed by atoms with Crippen LogP contribution in [0.15, 0.2) is 36.5 Å². The Morgan fingerprint density at radius 2 is 1.52 bits per heavy atom. The van der Waals surface area contributed by atoms with Crippen molar-refractivity contribution in [2.45, 2.75) is 59.0 Å². The van der Waals surface area contributed by atoms with Crippen molar-refractivity contribution in [3.05, 3.63) is 36.5 Å². The number of hydrogen-bond acceptors (Lipinski definition) is 3. The summed E-state index contributed by atoms with van der Waals surface area (Å²) in [5.74, 6) is 1.41. The number of allylic oxidation sites excluding steroid dienone is 3. The van der Waals surface area contributed by atoms with Gasteiger partial charge in [0.05, 0.1) is 12.7 Å².